The summed E-state index contributed by atoms with van der Waals surface area (Å²) < 4.78 is 5.71. The van der Waals surface area contributed by atoms with Crippen LogP contribution in [0.15, 0.2) is 12.1 Å². The largest absolute Gasteiger partial charge is 0.478 e. The van der Waals surface area contributed by atoms with Crippen molar-refractivity contribution in [2.75, 3.05) is 18.0 Å². The summed E-state index contributed by atoms with van der Waals surface area (Å²) in [6, 6.07) is 3.33. The topological polar surface area (TPSA) is 62.7 Å². The fourth-order valence-electron chi connectivity index (χ4n) is 2.61. The summed E-state index contributed by atoms with van der Waals surface area (Å²) in [6.45, 7) is 7.60. The molecule has 0 saturated carbocycles. The van der Waals surface area contributed by atoms with Crippen LogP contribution in [-0.2, 0) is 11.2 Å². The molecule has 1 aromatic heterocycles. The molecule has 2 heterocycles. The number of carboxylic acids is 1. The summed E-state index contributed by atoms with van der Waals surface area (Å²) in [5, 5.41) is 9.23. The van der Waals surface area contributed by atoms with E-state index in [4.69, 9.17) is 4.74 Å². The minimum Gasteiger partial charge on any atom is -0.478 e. The van der Waals surface area contributed by atoms with Crippen molar-refractivity contribution in [1.29, 1.82) is 0 Å². The molecule has 0 aromatic carbocycles. The van der Waals surface area contributed by atoms with Crippen LogP contribution in [0, 0.1) is 0 Å². The Labute approximate surface area is 119 Å². The van der Waals surface area contributed by atoms with E-state index >= 15 is 0 Å². The molecular weight excluding hydrogens is 256 g/mol. The molecule has 0 radical (unpaired) electrons. The van der Waals surface area contributed by atoms with E-state index in [1.165, 1.54) is 0 Å². The van der Waals surface area contributed by atoms with Gasteiger partial charge in [-0.15, -0.1) is 0 Å². The molecule has 2 rings (SSSR count). The normalized spacial score (nSPS) is 22.9. The van der Waals surface area contributed by atoms with Crippen molar-refractivity contribution < 1.29 is 14.6 Å². The Bertz CT molecular complexity index is 480. The van der Waals surface area contributed by atoms with E-state index in [2.05, 4.69) is 16.8 Å². The van der Waals surface area contributed by atoms with Gasteiger partial charge in [0.25, 0.3) is 0 Å². The lowest BCUT2D eigenvalue weighted by Crippen LogP contribution is -2.46. The number of aromatic carboxylic acids is 1. The number of ether oxygens (including phenoxy) is 1. The van der Waals surface area contributed by atoms with Gasteiger partial charge in [-0.2, -0.15) is 0 Å². The summed E-state index contributed by atoms with van der Waals surface area (Å²) in [7, 11) is 0. The lowest BCUT2D eigenvalue weighted by atomic mass is 10.1. The second-order valence-electron chi connectivity index (χ2n) is 5.42. The number of rotatable bonds is 4. The number of pyridine rings is 1. The predicted molar refractivity (Wildman–Crippen MR) is 77.4 cm³/mol. The van der Waals surface area contributed by atoms with Crippen LogP contribution in [0.5, 0.6) is 0 Å². The minimum absolute atomic E-state index is 0.128. The molecule has 110 valence electrons. The van der Waals surface area contributed by atoms with Crippen molar-refractivity contribution >= 4 is 11.8 Å². The van der Waals surface area contributed by atoms with Crippen LogP contribution in [0.4, 0.5) is 5.82 Å². The molecule has 1 fully saturated rings. The number of nitrogens with zero attached hydrogens (tertiary/aromatic N) is 2. The van der Waals surface area contributed by atoms with E-state index in [9.17, 15) is 9.90 Å². The molecule has 1 N–H and O–H groups in total. The van der Waals surface area contributed by atoms with Gasteiger partial charge in [0.1, 0.15) is 5.82 Å². The van der Waals surface area contributed by atoms with Crippen LogP contribution in [0.1, 0.15) is 43.2 Å². The fourth-order valence-corrected chi connectivity index (χ4v) is 2.61. The molecule has 5 heteroatoms. The maximum absolute atomic E-state index is 11.3. The zero-order valence-corrected chi connectivity index (χ0v) is 12.3. The van der Waals surface area contributed by atoms with Crippen LogP contribution in [0.25, 0.3) is 0 Å². The van der Waals surface area contributed by atoms with Crippen molar-refractivity contribution in [2.45, 2.75) is 45.8 Å². The van der Waals surface area contributed by atoms with Crippen LogP contribution < -0.4 is 4.90 Å². The number of carbonyl (C=O) groups is 1. The van der Waals surface area contributed by atoms with Crippen LogP contribution >= 0.6 is 0 Å². The second kappa shape index (κ2) is 6.22. The van der Waals surface area contributed by atoms with Crippen molar-refractivity contribution in [3.05, 3.63) is 23.4 Å². The number of aromatic nitrogens is 1. The van der Waals surface area contributed by atoms with E-state index in [0.717, 1.165) is 37.4 Å². The van der Waals surface area contributed by atoms with Crippen LogP contribution in [-0.4, -0.2) is 41.4 Å². The molecule has 0 amide bonds. The maximum atomic E-state index is 11.3. The Kier molecular flexibility index (Phi) is 4.60. The quantitative estimate of drug-likeness (QED) is 0.916. The number of anilines is 1. The molecule has 0 spiro atoms. The lowest BCUT2D eigenvalue weighted by Gasteiger charge is -2.36. The smallest absolute Gasteiger partial charge is 0.335 e. The zero-order valence-electron chi connectivity index (χ0n) is 12.3. The Morgan fingerprint density at radius 3 is 2.60 bits per heavy atom. The number of hydrogen-bond donors (Lipinski definition) is 1. The second-order valence-corrected chi connectivity index (χ2v) is 5.42. The van der Waals surface area contributed by atoms with Gasteiger partial charge in [-0.1, -0.05) is 13.3 Å². The summed E-state index contributed by atoms with van der Waals surface area (Å²) in [5.74, 6) is -0.157. The first-order valence-corrected chi connectivity index (χ1v) is 7.14. The molecule has 1 aromatic rings. The van der Waals surface area contributed by atoms with Crippen molar-refractivity contribution in [2.24, 2.45) is 0 Å². The SMILES string of the molecule is CCCc1cc(C(=O)O)cc(N2CC(C)OC(C)C2)n1. The molecule has 1 aliphatic rings. The van der Waals surface area contributed by atoms with Gasteiger partial charge in [0.05, 0.1) is 17.8 Å². The summed E-state index contributed by atoms with van der Waals surface area (Å²) in [6.07, 6.45) is 2.00. The highest BCUT2D eigenvalue weighted by Gasteiger charge is 2.24. The summed E-state index contributed by atoms with van der Waals surface area (Å²) in [5.41, 5.74) is 1.15. The molecule has 0 bridgehead atoms. The predicted octanol–water partition coefficient (Wildman–Crippen LogP) is 2.35. The van der Waals surface area contributed by atoms with Gasteiger partial charge in [0, 0.05) is 18.8 Å². The van der Waals surface area contributed by atoms with E-state index in [1.807, 2.05) is 13.8 Å². The molecule has 1 saturated heterocycles. The third-order valence-corrected chi connectivity index (χ3v) is 3.36. The molecule has 1 aliphatic heterocycles. The van der Waals surface area contributed by atoms with Gasteiger partial charge in [0.15, 0.2) is 0 Å². The lowest BCUT2D eigenvalue weighted by molar-refractivity contribution is -0.00547. The summed E-state index contributed by atoms with van der Waals surface area (Å²) in [4.78, 5) is 18.0. The molecular formula is C15H22N2O3. The van der Waals surface area contributed by atoms with Crippen molar-refractivity contribution in [3.63, 3.8) is 0 Å². The standard InChI is InChI=1S/C15H22N2O3/c1-4-5-13-6-12(15(18)19)7-14(16-13)17-8-10(2)20-11(3)9-17/h6-7,10-11H,4-5,8-9H2,1-3H3,(H,18,19). The number of aryl methyl sites for hydroxylation is 1. The van der Waals surface area contributed by atoms with Crippen LogP contribution in [0.2, 0.25) is 0 Å². The van der Waals surface area contributed by atoms with Crippen molar-refractivity contribution in [3.8, 4) is 0 Å². The number of carboxylic acid groups (broad SMARTS) is 1. The summed E-state index contributed by atoms with van der Waals surface area (Å²) >= 11 is 0. The molecule has 2 atom stereocenters. The monoisotopic (exact) mass is 278 g/mol. The Morgan fingerprint density at radius 1 is 1.40 bits per heavy atom. The zero-order chi connectivity index (χ0) is 14.7. The van der Waals surface area contributed by atoms with E-state index in [1.54, 1.807) is 12.1 Å². The third kappa shape index (κ3) is 3.48. The average Bonchev–Trinajstić information content (AvgIpc) is 2.37. The molecule has 0 aliphatic carbocycles. The van der Waals surface area contributed by atoms with E-state index < -0.39 is 5.97 Å². The highest BCUT2D eigenvalue weighted by Crippen LogP contribution is 2.21. The van der Waals surface area contributed by atoms with Gasteiger partial charge in [-0.05, 0) is 32.4 Å². The first-order valence-electron chi connectivity index (χ1n) is 7.14. The van der Waals surface area contributed by atoms with Gasteiger partial charge in [-0.3, -0.25) is 0 Å². The van der Waals surface area contributed by atoms with E-state index in [0.29, 0.717) is 5.56 Å². The average molecular weight is 278 g/mol. The Morgan fingerprint density at radius 2 is 2.05 bits per heavy atom. The highest BCUT2D eigenvalue weighted by atomic mass is 16.5. The molecule has 2 unspecified atom stereocenters. The van der Waals surface area contributed by atoms with Gasteiger partial charge in [-0.25, -0.2) is 9.78 Å². The van der Waals surface area contributed by atoms with Crippen LogP contribution in [0.3, 0.4) is 0 Å². The minimum atomic E-state index is -0.902. The van der Waals surface area contributed by atoms with Gasteiger partial charge in [0.2, 0.25) is 0 Å². The van der Waals surface area contributed by atoms with E-state index in [-0.39, 0.29) is 12.2 Å². The van der Waals surface area contributed by atoms with Crippen molar-refractivity contribution in [1.82, 2.24) is 4.98 Å². The first kappa shape index (κ1) is 14.8. The molecule has 5 nitrogen and oxygen atoms in total. The molecule has 20 heavy (non-hydrogen) atoms. The Hall–Kier alpha value is -1.62. The number of hydrogen-bond acceptors (Lipinski definition) is 4. The third-order valence-electron chi connectivity index (χ3n) is 3.36. The fraction of sp³-hybridized carbons (Fsp3) is 0.600. The number of morpholine rings is 1. The highest BCUT2D eigenvalue weighted by molar-refractivity contribution is 5.88. The van der Waals surface area contributed by atoms with Gasteiger partial charge < -0.3 is 14.7 Å². The van der Waals surface area contributed by atoms with Gasteiger partial charge >= 0.3 is 5.97 Å². The Balaban J connectivity index is 2.31. The maximum Gasteiger partial charge on any atom is 0.335 e. The first-order chi connectivity index (χ1) is 9.49.